The molecular formula is C20H15ClFNO3S2. The molecule has 0 fully saturated rings. The van der Waals surface area contributed by atoms with Crippen molar-refractivity contribution in [2.75, 3.05) is 5.32 Å². The SMILES string of the molecule is Cc1ccc(S(=O)(=O)c2csc3c2NC(=O)C[C@@H]3c2c(F)cccc2Cl)cc1. The fourth-order valence-electron chi connectivity index (χ4n) is 3.32. The number of thiophene rings is 1. The molecule has 4 rings (SSSR count). The fourth-order valence-corrected chi connectivity index (χ4v) is 6.51. The van der Waals surface area contributed by atoms with Gasteiger partial charge in [-0.3, -0.25) is 4.79 Å². The number of anilines is 1. The Hall–Kier alpha value is -2.22. The van der Waals surface area contributed by atoms with Crippen molar-refractivity contribution in [2.24, 2.45) is 0 Å². The second kappa shape index (κ2) is 6.99. The number of carbonyl (C=O) groups is 1. The minimum atomic E-state index is -3.83. The first kappa shape index (κ1) is 19.1. The van der Waals surface area contributed by atoms with Crippen LogP contribution in [0.3, 0.4) is 0 Å². The molecule has 0 saturated carbocycles. The van der Waals surface area contributed by atoms with Gasteiger partial charge in [-0.25, -0.2) is 12.8 Å². The Kier molecular flexibility index (Phi) is 4.77. The van der Waals surface area contributed by atoms with Crippen molar-refractivity contribution in [1.82, 2.24) is 0 Å². The Labute approximate surface area is 170 Å². The standard InChI is InChI=1S/C20H15ClFNO3S2/c1-11-5-7-12(8-6-11)28(25,26)16-10-27-20-13(9-17(24)23-19(16)20)18-14(21)3-2-4-15(18)22/h2-8,10,13H,9H2,1H3,(H,23,24)/t13-/m1/s1. The van der Waals surface area contributed by atoms with Crippen molar-refractivity contribution in [2.45, 2.75) is 29.1 Å². The smallest absolute Gasteiger partial charge is 0.225 e. The van der Waals surface area contributed by atoms with Crippen LogP contribution in [0.15, 0.2) is 57.6 Å². The van der Waals surface area contributed by atoms with Crippen LogP contribution in [0.4, 0.5) is 10.1 Å². The normalized spacial score (nSPS) is 16.5. The highest BCUT2D eigenvalue weighted by molar-refractivity contribution is 7.91. The van der Waals surface area contributed by atoms with Gasteiger partial charge in [0.25, 0.3) is 0 Å². The summed E-state index contributed by atoms with van der Waals surface area (Å²) >= 11 is 7.38. The molecule has 2 aromatic carbocycles. The van der Waals surface area contributed by atoms with E-state index in [-0.39, 0.29) is 38.4 Å². The maximum atomic E-state index is 14.5. The summed E-state index contributed by atoms with van der Waals surface area (Å²) in [6.45, 7) is 1.87. The molecule has 2 heterocycles. The van der Waals surface area contributed by atoms with Crippen molar-refractivity contribution in [3.63, 3.8) is 0 Å². The number of hydrogen-bond donors (Lipinski definition) is 1. The molecule has 4 nitrogen and oxygen atoms in total. The third kappa shape index (κ3) is 3.13. The Morgan fingerprint density at radius 3 is 2.57 bits per heavy atom. The lowest BCUT2D eigenvalue weighted by molar-refractivity contribution is -0.116. The van der Waals surface area contributed by atoms with Gasteiger partial charge >= 0.3 is 0 Å². The van der Waals surface area contributed by atoms with Crippen LogP contribution in [0.5, 0.6) is 0 Å². The van der Waals surface area contributed by atoms with Crippen LogP contribution in [0.2, 0.25) is 5.02 Å². The average molecular weight is 436 g/mol. The van der Waals surface area contributed by atoms with Gasteiger partial charge in [0.1, 0.15) is 10.7 Å². The molecule has 0 aliphatic carbocycles. The molecule has 1 atom stereocenters. The molecule has 144 valence electrons. The van der Waals surface area contributed by atoms with Crippen LogP contribution in [0.1, 0.15) is 28.3 Å². The van der Waals surface area contributed by atoms with E-state index in [0.29, 0.717) is 4.88 Å². The lowest BCUT2D eigenvalue weighted by Crippen LogP contribution is -2.24. The summed E-state index contributed by atoms with van der Waals surface area (Å²) in [6.07, 6.45) is -0.00180. The first-order valence-electron chi connectivity index (χ1n) is 8.46. The number of nitrogens with one attached hydrogen (secondary N) is 1. The Bertz CT molecular complexity index is 1170. The van der Waals surface area contributed by atoms with Gasteiger partial charge in [-0.2, -0.15) is 0 Å². The monoisotopic (exact) mass is 435 g/mol. The van der Waals surface area contributed by atoms with E-state index >= 15 is 0 Å². The second-order valence-corrected chi connectivity index (χ2v) is 9.83. The molecule has 28 heavy (non-hydrogen) atoms. The quantitative estimate of drug-likeness (QED) is 0.618. The van der Waals surface area contributed by atoms with E-state index in [1.165, 1.54) is 41.0 Å². The first-order chi connectivity index (χ1) is 13.3. The number of fused-ring (bicyclic) bond motifs is 1. The van der Waals surface area contributed by atoms with Crippen LogP contribution in [-0.4, -0.2) is 14.3 Å². The van der Waals surface area contributed by atoms with E-state index in [4.69, 9.17) is 11.6 Å². The number of amides is 1. The lowest BCUT2D eigenvalue weighted by Gasteiger charge is -2.24. The summed E-state index contributed by atoms with van der Waals surface area (Å²) in [5, 5.41) is 4.36. The van der Waals surface area contributed by atoms with Gasteiger partial charge in [-0.05, 0) is 31.2 Å². The van der Waals surface area contributed by atoms with E-state index in [1.54, 1.807) is 18.2 Å². The molecule has 1 N–H and O–H groups in total. The molecule has 1 aromatic heterocycles. The molecular weight excluding hydrogens is 421 g/mol. The summed E-state index contributed by atoms with van der Waals surface area (Å²) in [6, 6.07) is 10.8. The predicted molar refractivity (Wildman–Crippen MR) is 107 cm³/mol. The molecule has 8 heteroatoms. The fraction of sp³-hybridized carbons (Fsp3) is 0.150. The van der Waals surface area contributed by atoms with Gasteiger partial charge in [0.05, 0.1) is 10.6 Å². The molecule has 1 amide bonds. The minimum Gasteiger partial charge on any atom is -0.324 e. The van der Waals surface area contributed by atoms with Crippen molar-refractivity contribution < 1.29 is 17.6 Å². The van der Waals surface area contributed by atoms with Gasteiger partial charge in [-0.1, -0.05) is 35.4 Å². The Balaban J connectivity index is 1.87. The Morgan fingerprint density at radius 2 is 1.89 bits per heavy atom. The zero-order valence-electron chi connectivity index (χ0n) is 14.7. The van der Waals surface area contributed by atoms with Gasteiger partial charge < -0.3 is 5.32 Å². The summed E-state index contributed by atoms with van der Waals surface area (Å²) in [7, 11) is -3.83. The maximum absolute atomic E-state index is 14.5. The lowest BCUT2D eigenvalue weighted by atomic mass is 9.90. The summed E-state index contributed by atoms with van der Waals surface area (Å²) in [5.74, 6) is -1.53. The zero-order valence-corrected chi connectivity index (χ0v) is 17.1. The van der Waals surface area contributed by atoms with Crippen molar-refractivity contribution in [3.05, 3.63) is 74.7 Å². The molecule has 1 aliphatic heterocycles. The molecule has 0 bridgehead atoms. The van der Waals surface area contributed by atoms with Gasteiger partial charge in [-0.15, -0.1) is 11.3 Å². The molecule has 0 spiro atoms. The maximum Gasteiger partial charge on any atom is 0.225 e. The average Bonchev–Trinajstić information content (AvgIpc) is 3.06. The first-order valence-corrected chi connectivity index (χ1v) is 11.2. The van der Waals surface area contributed by atoms with E-state index in [2.05, 4.69) is 5.32 Å². The highest BCUT2D eigenvalue weighted by Gasteiger charge is 2.36. The van der Waals surface area contributed by atoms with Crippen molar-refractivity contribution >= 4 is 44.4 Å². The number of benzene rings is 2. The van der Waals surface area contributed by atoms with Gasteiger partial charge in [0, 0.05) is 33.2 Å². The second-order valence-electron chi connectivity index (χ2n) is 6.60. The number of carbonyl (C=O) groups excluding carboxylic acids is 1. The van der Waals surface area contributed by atoms with Crippen LogP contribution in [0.25, 0.3) is 0 Å². The van der Waals surface area contributed by atoms with Crippen LogP contribution in [-0.2, 0) is 14.6 Å². The Morgan fingerprint density at radius 1 is 1.18 bits per heavy atom. The molecule has 0 unspecified atom stereocenters. The zero-order chi connectivity index (χ0) is 20.1. The van der Waals surface area contributed by atoms with Crippen LogP contribution < -0.4 is 5.32 Å². The number of rotatable bonds is 3. The van der Waals surface area contributed by atoms with Gasteiger partial charge in [0.15, 0.2) is 0 Å². The third-order valence-corrected chi connectivity index (χ3v) is 8.09. The topological polar surface area (TPSA) is 63.2 Å². The van der Waals surface area contributed by atoms with Crippen molar-refractivity contribution in [3.8, 4) is 0 Å². The van der Waals surface area contributed by atoms with E-state index in [1.807, 2.05) is 6.92 Å². The minimum absolute atomic E-state index is 0.00180. The van der Waals surface area contributed by atoms with Crippen LogP contribution >= 0.6 is 22.9 Å². The molecule has 0 radical (unpaired) electrons. The summed E-state index contributed by atoms with van der Waals surface area (Å²) in [4.78, 5) is 13.1. The number of halogens is 2. The van der Waals surface area contributed by atoms with E-state index in [0.717, 1.165) is 5.56 Å². The highest BCUT2D eigenvalue weighted by atomic mass is 35.5. The molecule has 0 saturated heterocycles. The summed E-state index contributed by atoms with van der Waals surface area (Å²) in [5.41, 5.74) is 1.36. The molecule has 3 aromatic rings. The third-order valence-electron chi connectivity index (χ3n) is 4.73. The number of aryl methyl sites for hydroxylation is 1. The van der Waals surface area contributed by atoms with E-state index < -0.39 is 21.6 Å². The number of sulfone groups is 1. The van der Waals surface area contributed by atoms with Crippen molar-refractivity contribution in [1.29, 1.82) is 0 Å². The highest BCUT2D eigenvalue weighted by Crippen LogP contribution is 2.47. The van der Waals surface area contributed by atoms with Crippen LogP contribution in [0, 0.1) is 12.7 Å². The largest absolute Gasteiger partial charge is 0.324 e. The molecule has 1 aliphatic rings. The number of hydrogen-bond acceptors (Lipinski definition) is 4. The predicted octanol–water partition coefficient (Wildman–Crippen LogP) is 5.16. The summed E-state index contributed by atoms with van der Waals surface area (Å²) < 4.78 is 40.7. The van der Waals surface area contributed by atoms with Gasteiger partial charge in [0.2, 0.25) is 15.7 Å². The van der Waals surface area contributed by atoms with E-state index in [9.17, 15) is 17.6 Å².